The van der Waals surface area contributed by atoms with Crippen LogP contribution in [0.5, 0.6) is 0 Å². The summed E-state index contributed by atoms with van der Waals surface area (Å²) in [6, 6.07) is 2.20. The van der Waals surface area contributed by atoms with Gasteiger partial charge in [-0.1, -0.05) is 0 Å². The minimum Gasteiger partial charge on any atom is -0.343 e. The molecule has 0 spiro atoms. The number of nitrogens with one attached hydrogen (secondary N) is 2. The molecule has 0 fully saturated rings. The number of halogens is 6. The number of carbonyl (C=O) groups is 1. The van der Waals surface area contributed by atoms with E-state index in [0.29, 0.717) is 6.07 Å². The SMILES string of the molecule is NNc1ccc(C(=O)NCC(F)(F)F)cc1C(F)(F)F. The van der Waals surface area contributed by atoms with Crippen LogP contribution in [-0.2, 0) is 6.18 Å². The van der Waals surface area contributed by atoms with Crippen molar-refractivity contribution in [3.63, 3.8) is 0 Å². The maximum atomic E-state index is 12.6. The van der Waals surface area contributed by atoms with E-state index in [-0.39, 0.29) is 0 Å². The van der Waals surface area contributed by atoms with Crippen LogP contribution in [0.25, 0.3) is 0 Å². The van der Waals surface area contributed by atoms with Crippen LogP contribution < -0.4 is 16.6 Å². The van der Waals surface area contributed by atoms with Crippen molar-refractivity contribution in [1.29, 1.82) is 0 Å². The second-order valence-electron chi connectivity index (χ2n) is 3.70. The molecular formula is C10H9F6N3O. The summed E-state index contributed by atoms with van der Waals surface area (Å²) in [7, 11) is 0. The fourth-order valence-electron chi connectivity index (χ4n) is 1.33. The van der Waals surface area contributed by atoms with Crippen molar-refractivity contribution in [1.82, 2.24) is 5.32 Å². The van der Waals surface area contributed by atoms with Gasteiger partial charge in [-0.2, -0.15) is 26.3 Å². The summed E-state index contributed by atoms with van der Waals surface area (Å²) in [6.07, 6.45) is -9.46. The number of carbonyl (C=O) groups excluding carboxylic acids is 1. The molecule has 1 aromatic carbocycles. The molecule has 112 valence electrons. The van der Waals surface area contributed by atoms with Gasteiger partial charge in [0, 0.05) is 5.56 Å². The van der Waals surface area contributed by atoms with E-state index < -0.39 is 41.6 Å². The zero-order valence-electron chi connectivity index (χ0n) is 9.69. The van der Waals surface area contributed by atoms with E-state index >= 15 is 0 Å². The van der Waals surface area contributed by atoms with Gasteiger partial charge in [0.1, 0.15) is 6.54 Å². The Hall–Kier alpha value is -1.97. The largest absolute Gasteiger partial charge is 0.418 e. The standard InChI is InChI=1S/C10H9F6N3O/c11-9(12,13)4-18-8(20)5-1-2-7(19-17)6(3-5)10(14,15)16/h1-3,19H,4,17H2,(H,18,20). The minimum absolute atomic E-state index is 0.418. The topological polar surface area (TPSA) is 67.1 Å². The van der Waals surface area contributed by atoms with E-state index in [1.165, 1.54) is 5.32 Å². The molecule has 1 aromatic rings. The Morgan fingerprint density at radius 1 is 1.15 bits per heavy atom. The van der Waals surface area contributed by atoms with Gasteiger partial charge in [-0.05, 0) is 18.2 Å². The highest BCUT2D eigenvalue weighted by Gasteiger charge is 2.34. The van der Waals surface area contributed by atoms with Gasteiger partial charge in [0.25, 0.3) is 5.91 Å². The van der Waals surface area contributed by atoms with E-state index in [1.807, 2.05) is 0 Å². The molecule has 10 heteroatoms. The number of hydrazine groups is 1. The Bertz CT molecular complexity index is 497. The van der Waals surface area contributed by atoms with Crippen molar-refractivity contribution in [3.05, 3.63) is 29.3 Å². The Morgan fingerprint density at radius 2 is 1.75 bits per heavy atom. The molecule has 0 heterocycles. The van der Waals surface area contributed by atoms with Crippen LogP contribution in [0.3, 0.4) is 0 Å². The lowest BCUT2D eigenvalue weighted by molar-refractivity contribution is -0.137. The summed E-state index contributed by atoms with van der Waals surface area (Å²) in [5, 5.41) is 1.47. The van der Waals surface area contributed by atoms with Crippen molar-refractivity contribution in [2.45, 2.75) is 12.4 Å². The number of rotatable bonds is 3. The normalized spacial score (nSPS) is 12.2. The Kier molecular flexibility index (Phi) is 4.48. The highest BCUT2D eigenvalue weighted by Crippen LogP contribution is 2.35. The van der Waals surface area contributed by atoms with Gasteiger partial charge in [-0.15, -0.1) is 0 Å². The highest BCUT2D eigenvalue weighted by molar-refractivity contribution is 5.95. The van der Waals surface area contributed by atoms with Gasteiger partial charge in [-0.25, -0.2) is 0 Å². The fourth-order valence-corrected chi connectivity index (χ4v) is 1.33. The van der Waals surface area contributed by atoms with Gasteiger partial charge in [0.2, 0.25) is 0 Å². The fraction of sp³-hybridized carbons (Fsp3) is 0.300. The molecule has 0 atom stereocenters. The molecule has 0 radical (unpaired) electrons. The van der Waals surface area contributed by atoms with Crippen LogP contribution in [0.15, 0.2) is 18.2 Å². The third-order valence-corrected chi connectivity index (χ3v) is 2.19. The molecule has 0 aliphatic carbocycles. The molecular weight excluding hydrogens is 292 g/mol. The van der Waals surface area contributed by atoms with Gasteiger partial charge >= 0.3 is 12.4 Å². The predicted molar refractivity (Wildman–Crippen MR) is 57.6 cm³/mol. The monoisotopic (exact) mass is 301 g/mol. The highest BCUT2D eigenvalue weighted by atomic mass is 19.4. The zero-order valence-corrected chi connectivity index (χ0v) is 9.69. The Balaban J connectivity index is 3.00. The first-order valence-electron chi connectivity index (χ1n) is 5.07. The molecule has 0 aliphatic heterocycles. The van der Waals surface area contributed by atoms with Gasteiger partial charge in [0.05, 0.1) is 11.3 Å². The summed E-state index contributed by atoms with van der Waals surface area (Å²) in [5.74, 6) is 3.62. The van der Waals surface area contributed by atoms with Crippen molar-refractivity contribution < 1.29 is 31.1 Å². The van der Waals surface area contributed by atoms with Crippen LogP contribution in [0.2, 0.25) is 0 Å². The lowest BCUT2D eigenvalue weighted by Crippen LogP contribution is -2.33. The lowest BCUT2D eigenvalue weighted by Gasteiger charge is -2.14. The predicted octanol–water partition coefficient (Wildman–Crippen LogP) is 2.28. The first kappa shape index (κ1) is 16.1. The maximum absolute atomic E-state index is 12.6. The van der Waals surface area contributed by atoms with Crippen molar-refractivity contribution in [3.8, 4) is 0 Å². The second-order valence-corrected chi connectivity index (χ2v) is 3.70. The molecule has 4 nitrogen and oxygen atoms in total. The molecule has 0 aliphatic rings. The number of nitrogens with two attached hydrogens (primary N) is 1. The first-order valence-corrected chi connectivity index (χ1v) is 5.07. The molecule has 20 heavy (non-hydrogen) atoms. The molecule has 0 aromatic heterocycles. The number of hydrogen-bond donors (Lipinski definition) is 3. The smallest absolute Gasteiger partial charge is 0.343 e. The third-order valence-electron chi connectivity index (χ3n) is 2.19. The van der Waals surface area contributed by atoms with E-state index in [0.717, 1.165) is 12.1 Å². The number of anilines is 1. The third kappa shape index (κ3) is 4.30. The van der Waals surface area contributed by atoms with Crippen LogP contribution >= 0.6 is 0 Å². The number of amides is 1. The first-order chi connectivity index (χ1) is 9.04. The van der Waals surface area contributed by atoms with Crippen LogP contribution in [0.4, 0.5) is 32.0 Å². The molecule has 0 bridgehead atoms. The quantitative estimate of drug-likeness (QED) is 0.456. The molecule has 1 amide bonds. The van der Waals surface area contributed by atoms with E-state index in [9.17, 15) is 31.1 Å². The van der Waals surface area contributed by atoms with Crippen molar-refractivity contribution in [2.24, 2.45) is 5.84 Å². The maximum Gasteiger partial charge on any atom is 0.418 e. The van der Waals surface area contributed by atoms with Gasteiger partial charge in [0.15, 0.2) is 0 Å². The summed E-state index contributed by atoms with van der Waals surface area (Å²) >= 11 is 0. The summed E-state index contributed by atoms with van der Waals surface area (Å²) in [5.41, 5.74) is -0.508. The number of alkyl halides is 6. The van der Waals surface area contributed by atoms with Crippen molar-refractivity contribution in [2.75, 3.05) is 12.0 Å². The van der Waals surface area contributed by atoms with Crippen LogP contribution in [0.1, 0.15) is 15.9 Å². The summed E-state index contributed by atoms with van der Waals surface area (Å²) < 4.78 is 73.6. The Morgan fingerprint density at radius 3 is 2.20 bits per heavy atom. The van der Waals surface area contributed by atoms with E-state index in [2.05, 4.69) is 0 Å². The number of nitrogen functional groups attached to an aromatic ring is 1. The van der Waals surface area contributed by atoms with E-state index in [4.69, 9.17) is 5.84 Å². The van der Waals surface area contributed by atoms with Gasteiger partial charge in [-0.3, -0.25) is 10.6 Å². The van der Waals surface area contributed by atoms with Crippen LogP contribution in [0, 0.1) is 0 Å². The number of benzene rings is 1. The molecule has 0 saturated heterocycles. The molecule has 1 rings (SSSR count). The Labute approximate surface area is 108 Å². The van der Waals surface area contributed by atoms with Crippen LogP contribution in [-0.4, -0.2) is 18.6 Å². The number of hydrogen-bond acceptors (Lipinski definition) is 3. The minimum atomic E-state index is -4.80. The summed E-state index contributed by atoms with van der Waals surface area (Å²) in [6.45, 7) is -1.63. The van der Waals surface area contributed by atoms with E-state index in [1.54, 1.807) is 5.43 Å². The van der Waals surface area contributed by atoms with Gasteiger partial charge < -0.3 is 10.7 Å². The molecule has 0 saturated carbocycles. The zero-order chi connectivity index (χ0) is 15.6. The molecule has 4 N–H and O–H groups in total. The lowest BCUT2D eigenvalue weighted by atomic mass is 10.1. The van der Waals surface area contributed by atoms with Crippen molar-refractivity contribution >= 4 is 11.6 Å². The average Bonchev–Trinajstić information content (AvgIpc) is 2.33. The summed E-state index contributed by atoms with van der Waals surface area (Å²) in [4.78, 5) is 11.3. The average molecular weight is 301 g/mol. The second kappa shape index (κ2) is 5.57. The molecule has 0 unspecified atom stereocenters.